The second-order valence-corrected chi connectivity index (χ2v) is 1.84. The zero-order chi connectivity index (χ0) is 5.98. The minimum absolute atomic E-state index is 0.0550. The Morgan fingerprint density at radius 2 is 2.38 bits per heavy atom. The Morgan fingerprint density at radius 3 is 2.62 bits per heavy atom. The van der Waals surface area contributed by atoms with Gasteiger partial charge in [-0.2, -0.15) is 0 Å². The predicted molar refractivity (Wildman–Crippen MR) is 31.9 cm³/mol. The number of furan rings is 1. The summed E-state index contributed by atoms with van der Waals surface area (Å²) >= 11 is 3.88. The maximum Gasteiger partial charge on any atom is 0.157 e. The highest BCUT2D eigenvalue weighted by molar-refractivity contribution is 7.80. The van der Waals surface area contributed by atoms with Gasteiger partial charge in [0.1, 0.15) is 12.4 Å². The van der Waals surface area contributed by atoms with Crippen LogP contribution in [0.5, 0.6) is 0 Å². The van der Waals surface area contributed by atoms with Crippen molar-refractivity contribution in [3.8, 4) is 0 Å². The third-order valence-electron chi connectivity index (χ3n) is 0.803. The van der Waals surface area contributed by atoms with Crippen molar-refractivity contribution >= 4 is 12.6 Å². The molecular weight excluding hydrogens is 124 g/mol. The largest absolute Gasteiger partial charge is 0.453 e. The summed E-state index contributed by atoms with van der Waals surface area (Å²) in [5.41, 5.74) is 0. The van der Waals surface area contributed by atoms with Crippen molar-refractivity contribution in [1.82, 2.24) is 0 Å². The van der Waals surface area contributed by atoms with Gasteiger partial charge in [-0.3, -0.25) is 0 Å². The molecule has 0 fully saturated rings. The van der Waals surface area contributed by atoms with E-state index in [1.54, 1.807) is 12.1 Å². The van der Waals surface area contributed by atoms with E-state index >= 15 is 0 Å². The third kappa shape index (κ3) is 1.05. The van der Waals surface area contributed by atoms with Crippen LogP contribution >= 0.6 is 12.6 Å². The highest BCUT2D eigenvalue weighted by Crippen LogP contribution is 2.10. The van der Waals surface area contributed by atoms with Crippen molar-refractivity contribution in [2.75, 3.05) is 0 Å². The van der Waals surface area contributed by atoms with Gasteiger partial charge in [-0.15, -0.1) is 12.6 Å². The summed E-state index contributed by atoms with van der Waals surface area (Å²) < 4.78 is 4.85. The number of thiol groups is 1. The molecule has 0 spiro atoms. The molecule has 1 N–H and O–H groups in total. The average molecular weight is 130 g/mol. The van der Waals surface area contributed by atoms with Crippen molar-refractivity contribution in [2.45, 2.75) is 11.7 Å². The lowest BCUT2D eigenvalue weighted by Crippen LogP contribution is -1.72. The van der Waals surface area contributed by atoms with E-state index in [-0.39, 0.29) is 6.61 Å². The monoisotopic (exact) mass is 130 g/mol. The lowest BCUT2D eigenvalue weighted by molar-refractivity contribution is 0.238. The summed E-state index contributed by atoms with van der Waals surface area (Å²) in [6.45, 7) is -0.0550. The molecule has 8 heavy (non-hydrogen) atoms. The van der Waals surface area contributed by atoms with Crippen LogP contribution in [0.2, 0.25) is 0 Å². The number of hydrogen-bond acceptors (Lipinski definition) is 3. The molecular formula is C5H6O2S. The Morgan fingerprint density at radius 1 is 1.62 bits per heavy atom. The molecule has 0 aliphatic heterocycles. The Hall–Kier alpha value is -0.410. The minimum atomic E-state index is -0.0550. The van der Waals surface area contributed by atoms with Gasteiger partial charge in [0.2, 0.25) is 0 Å². The van der Waals surface area contributed by atoms with Gasteiger partial charge in [0.05, 0.1) is 0 Å². The highest BCUT2D eigenvalue weighted by Gasteiger charge is 1.92. The zero-order valence-electron chi connectivity index (χ0n) is 4.16. The van der Waals surface area contributed by atoms with Crippen LogP contribution in [-0.2, 0) is 6.61 Å². The van der Waals surface area contributed by atoms with Gasteiger partial charge < -0.3 is 9.52 Å². The summed E-state index contributed by atoms with van der Waals surface area (Å²) in [6, 6.07) is 3.37. The van der Waals surface area contributed by atoms with Crippen molar-refractivity contribution in [3.63, 3.8) is 0 Å². The number of hydrogen-bond donors (Lipinski definition) is 2. The van der Waals surface area contributed by atoms with Crippen molar-refractivity contribution in [2.24, 2.45) is 0 Å². The van der Waals surface area contributed by atoms with Crippen LogP contribution in [0.15, 0.2) is 21.6 Å². The first kappa shape index (κ1) is 5.72. The number of aliphatic hydroxyl groups is 1. The van der Waals surface area contributed by atoms with E-state index < -0.39 is 0 Å². The van der Waals surface area contributed by atoms with Crippen molar-refractivity contribution < 1.29 is 9.52 Å². The first-order valence-electron chi connectivity index (χ1n) is 2.21. The van der Waals surface area contributed by atoms with Gasteiger partial charge in [-0.25, -0.2) is 0 Å². The van der Waals surface area contributed by atoms with Crippen molar-refractivity contribution in [3.05, 3.63) is 17.9 Å². The van der Waals surface area contributed by atoms with Crippen LogP contribution in [-0.4, -0.2) is 5.11 Å². The summed E-state index contributed by atoms with van der Waals surface area (Å²) in [5, 5.41) is 8.96. The SMILES string of the molecule is OCc1ccc(S)o1. The summed E-state index contributed by atoms with van der Waals surface area (Å²) in [6.07, 6.45) is 0. The van der Waals surface area contributed by atoms with Gasteiger partial charge in [0, 0.05) is 0 Å². The normalized spacial score (nSPS) is 9.75. The Balaban J connectivity index is 2.84. The fourth-order valence-electron chi connectivity index (χ4n) is 0.452. The number of rotatable bonds is 1. The van der Waals surface area contributed by atoms with Crippen LogP contribution in [0.1, 0.15) is 5.76 Å². The molecule has 0 aromatic carbocycles. The maximum atomic E-state index is 8.42. The molecule has 0 aliphatic rings. The molecule has 1 heterocycles. The second kappa shape index (κ2) is 2.24. The standard InChI is InChI=1S/C5H6O2S/c6-3-4-1-2-5(8)7-4/h1-2,6,8H,3H2. The molecule has 1 aromatic rings. The Labute approximate surface area is 52.5 Å². The number of aliphatic hydroxyl groups excluding tert-OH is 1. The lowest BCUT2D eigenvalue weighted by Gasteiger charge is -1.82. The third-order valence-corrected chi connectivity index (χ3v) is 1.04. The lowest BCUT2D eigenvalue weighted by atomic mass is 10.5. The van der Waals surface area contributed by atoms with E-state index in [9.17, 15) is 0 Å². The molecule has 44 valence electrons. The summed E-state index contributed by atoms with van der Waals surface area (Å²) in [4.78, 5) is 0. The quantitative estimate of drug-likeness (QED) is 0.557. The van der Waals surface area contributed by atoms with Crippen LogP contribution in [0.25, 0.3) is 0 Å². The fourth-order valence-corrected chi connectivity index (χ4v) is 0.643. The predicted octanol–water partition coefficient (Wildman–Crippen LogP) is 1.06. The average Bonchev–Trinajstić information content (AvgIpc) is 2.14. The molecule has 1 aromatic heterocycles. The first-order chi connectivity index (χ1) is 3.83. The second-order valence-electron chi connectivity index (χ2n) is 1.40. The van der Waals surface area contributed by atoms with E-state index in [0.29, 0.717) is 10.9 Å². The van der Waals surface area contributed by atoms with E-state index in [1.807, 2.05) is 0 Å². The summed E-state index contributed by atoms with van der Waals surface area (Å²) in [7, 11) is 0. The Kier molecular flexibility index (Phi) is 1.60. The van der Waals surface area contributed by atoms with Crippen LogP contribution in [0.4, 0.5) is 0 Å². The molecule has 2 nitrogen and oxygen atoms in total. The van der Waals surface area contributed by atoms with Crippen LogP contribution in [0.3, 0.4) is 0 Å². The van der Waals surface area contributed by atoms with Crippen molar-refractivity contribution in [1.29, 1.82) is 0 Å². The maximum absolute atomic E-state index is 8.42. The van der Waals surface area contributed by atoms with E-state index in [0.717, 1.165) is 0 Å². The molecule has 0 unspecified atom stereocenters. The molecule has 0 aliphatic carbocycles. The molecule has 0 atom stereocenters. The molecule has 3 heteroatoms. The smallest absolute Gasteiger partial charge is 0.157 e. The molecule has 1 rings (SSSR count). The van der Waals surface area contributed by atoms with Gasteiger partial charge in [0.25, 0.3) is 0 Å². The minimum Gasteiger partial charge on any atom is -0.453 e. The van der Waals surface area contributed by atoms with Gasteiger partial charge in [-0.05, 0) is 12.1 Å². The van der Waals surface area contributed by atoms with E-state index in [1.165, 1.54) is 0 Å². The molecule has 0 saturated heterocycles. The van der Waals surface area contributed by atoms with Crippen LogP contribution in [0, 0.1) is 0 Å². The zero-order valence-corrected chi connectivity index (χ0v) is 5.06. The van der Waals surface area contributed by atoms with E-state index in [2.05, 4.69) is 12.6 Å². The molecule has 0 bridgehead atoms. The molecule has 0 radical (unpaired) electrons. The topological polar surface area (TPSA) is 33.4 Å². The van der Waals surface area contributed by atoms with Gasteiger partial charge >= 0.3 is 0 Å². The molecule has 0 amide bonds. The van der Waals surface area contributed by atoms with Gasteiger partial charge in [-0.1, -0.05) is 0 Å². The van der Waals surface area contributed by atoms with Gasteiger partial charge in [0.15, 0.2) is 5.09 Å². The summed E-state index contributed by atoms with van der Waals surface area (Å²) in [5.74, 6) is 0.551. The van der Waals surface area contributed by atoms with Crippen LogP contribution < -0.4 is 0 Å². The Bertz CT molecular complexity index is 171. The highest BCUT2D eigenvalue weighted by atomic mass is 32.1. The first-order valence-corrected chi connectivity index (χ1v) is 2.66. The molecule has 0 saturated carbocycles. The van der Waals surface area contributed by atoms with E-state index in [4.69, 9.17) is 9.52 Å². The fraction of sp³-hybridized carbons (Fsp3) is 0.200.